The zero-order valence-electron chi connectivity index (χ0n) is 12.2. The molecule has 0 N–H and O–H groups in total. The first kappa shape index (κ1) is 13.9. The molecule has 21 heavy (non-hydrogen) atoms. The first-order valence-corrected chi connectivity index (χ1v) is 7.68. The molecule has 1 aliphatic rings. The Morgan fingerprint density at radius 2 is 1.86 bits per heavy atom. The molecule has 0 aliphatic carbocycles. The van der Waals surface area contributed by atoms with E-state index in [1.54, 1.807) is 6.26 Å². The molecule has 1 aromatic carbocycles. The standard InChI is InChI=1S/C18H21NO2/c20-18(9-8-17-7-4-14-21-17)19-12-10-16(11-13-19)15-5-2-1-3-6-15/h1-7,14,16H,8-13H2. The molecule has 0 unspecified atom stereocenters. The van der Waals surface area contributed by atoms with E-state index in [1.807, 2.05) is 17.0 Å². The van der Waals surface area contributed by atoms with Gasteiger partial charge >= 0.3 is 0 Å². The smallest absolute Gasteiger partial charge is 0.223 e. The van der Waals surface area contributed by atoms with Crippen molar-refractivity contribution in [2.75, 3.05) is 13.1 Å². The van der Waals surface area contributed by atoms with Crippen LogP contribution in [0.25, 0.3) is 0 Å². The maximum absolute atomic E-state index is 12.2. The fourth-order valence-electron chi connectivity index (χ4n) is 3.03. The van der Waals surface area contributed by atoms with E-state index in [1.165, 1.54) is 5.56 Å². The molecule has 0 atom stereocenters. The Bertz CT molecular complexity index is 554. The topological polar surface area (TPSA) is 33.5 Å². The van der Waals surface area contributed by atoms with Gasteiger partial charge in [0.1, 0.15) is 5.76 Å². The van der Waals surface area contributed by atoms with Gasteiger partial charge in [0.25, 0.3) is 0 Å². The van der Waals surface area contributed by atoms with Crippen LogP contribution < -0.4 is 0 Å². The van der Waals surface area contributed by atoms with Gasteiger partial charge in [-0.15, -0.1) is 0 Å². The summed E-state index contributed by atoms with van der Waals surface area (Å²) in [7, 11) is 0. The van der Waals surface area contributed by atoms with Gasteiger partial charge in [0.15, 0.2) is 0 Å². The number of hydrogen-bond donors (Lipinski definition) is 0. The molecule has 1 saturated heterocycles. The average Bonchev–Trinajstić information content (AvgIpc) is 3.07. The summed E-state index contributed by atoms with van der Waals surface area (Å²) in [5, 5.41) is 0. The number of amides is 1. The Morgan fingerprint density at radius 1 is 1.10 bits per heavy atom. The number of carbonyl (C=O) groups is 1. The predicted octanol–water partition coefficient (Wildman–Crippen LogP) is 3.62. The zero-order valence-corrected chi connectivity index (χ0v) is 12.2. The summed E-state index contributed by atoms with van der Waals surface area (Å²) >= 11 is 0. The second kappa shape index (κ2) is 6.61. The first-order valence-electron chi connectivity index (χ1n) is 7.68. The molecule has 0 bridgehead atoms. The Morgan fingerprint density at radius 3 is 2.52 bits per heavy atom. The van der Waals surface area contributed by atoms with Crippen molar-refractivity contribution in [1.29, 1.82) is 0 Å². The minimum absolute atomic E-state index is 0.248. The van der Waals surface area contributed by atoms with E-state index in [2.05, 4.69) is 30.3 Å². The highest BCUT2D eigenvalue weighted by Gasteiger charge is 2.23. The summed E-state index contributed by atoms with van der Waals surface area (Å²) in [5.74, 6) is 1.74. The first-order chi connectivity index (χ1) is 10.3. The van der Waals surface area contributed by atoms with E-state index in [-0.39, 0.29) is 5.91 Å². The Kier molecular flexibility index (Phi) is 4.39. The molecule has 1 aromatic heterocycles. The van der Waals surface area contributed by atoms with Gasteiger partial charge < -0.3 is 9.32 Å². The number of carbonyl (C=O) groups excluding carboxylic acids is 1. The molecule has 110 valence electrons. The summed E-state index contributed by atoms with van der Waals surface area (Å²) in [4.78, 5) is 14.2. The lowest BCUT2D eigenvalue weighted by molar-refractivity contribution is -0.132. The van der Waals surface area contributed by atoms with E-state index < -0.39 is 0 Å². The SMILES string of the molecule is O=C(CCc1ccco1)N1CCC(c2ccccc2)CC1. The molecule has 0 saturated carbocycles. The third-order valence-electron chi connectivity index (χ3n) is 4.28. The normalized spacial score (nSPS) is 16.1. The third kappa shape index (κ3) is 3.54. The minimum Gasteiger partial charge on any atom is -0.469 e. The van der Waals surface area contributed by atoms with Crippen LogP contribution in [0.1, 0.15) is 36.5 Å². The monoisotopic (exact) mass is 283 g/mol. The largest absolute Gasteiger partial charge is 0.469 e. The van der Waals surface area contributed by atoms with Crippen LogP contribution in [0.4, 0.5) is 0 Å². The van der Waals surface area contributed by atoms with Gasteiger partial charge in [-0.1, -0.05) is 30.3 Å². The van der Waals surface area contributed by atoms with Crippen molar-refractivity contribution in [2.45, 2.75) is 31.6 Å². The predicted molar refractivity (Wildman–Crippen MR) is 82.0 cm³/mol. The highest BCUT2D eigenvalue weighted by molar-refractivity contribution is 5.76. The van der Waals surface area contributed by atoms with Crippen LogP contribution in [0.3, 0.4) is 0 Å². The second-order valence-electron chi connectivity index (χ2n) is 5.65. The maximum atomic E-state index is 12.2. The second-order valence-corrected chi connectivity index (χ2v) is 5.65. The van der Waals surface area contributed by atoms with Gasteiger partial charge in [-0.2, -0.15) is 0 Å². The lowest BCUT2D eigenvalue weighted by Crippen LogP contribution is -2.38. The number of hydrogen-bond acceptors (Lipinski definition) is 2. The molecule has 3 heteroatoms. The molecule has 3 nitrogen and oxygen atoms in total. The summed E-state index contributed by atoms with van der Waals surface area (Å²) in [6.07, 6.45) is 5.03. The lowest BCUT2D eigenvalue weighted by Gasteiger charge is -2.32. The number of benzene rings is 1. The van der Waals surface area contributed by atoms with Crippen molar-refractivity contribution in [2.24, 2.45) is 0 Å². The van der Waals surface area contributed by atoms with Crippen LogP contribution in [0, 0.1) is 0 Å². The van der Waals surface area contributed by atoms with E-state index in [0.717, 1.165) is 31.7 Å². The number of aryl methyl sites for hydroxylation is 1. The average molecular weight is 283 g/mol. The number of furan rings is 1. The van der Waals surface area contributed by atoms with Crippen LogP contribution in [-0.4, -0.2) is 23.9 Å². The molecule has 2 heterocycles. The summed E-state index contributed by atoms with van der Waals surface area (Å²) in [6.45, 7) is 1.74. The molecular weight excluding hydrogens is 262 g/mol. The van der Waals surface area contributed by atoms with Crippen LogP contribution in [0.5, 0.6) is 0 Å². The molecular formula is C18H21NO2. The highest BCUT2D eigenvalue weighted by atomic mass is 16.3. The molecule has 0 spiro atoms. The minimum atomic E-state index is 0.248. The van der Waals surface area contributed by atoms with Gasteiger partial charge in [-0.05, 0) is 36.5 Å². The van der Waals surface area contributed by atoms with E-state index in [0.29, 0.717) is 18.8 Å². The number of nitrogens with zero attached hydrogens (tertiary/aromatic N) is 1. The number of likely N-dealkylation sites (tertiary alicyclic amines) is 1. The number of rotatable bonds is 4. The van der Waals surface area contributed by atoms with E-state index in [4.69, 9.17) is 4.42 Å². The van der Waals surface area contributed by atoms with Crippen LogP contribution in [0.15, 0.2) is 53.1 Å². The van der Waals surface area contributed by atoms with Crippen molar-refractivity contribution in [3.8, 4) is 0 Å². The van der Waals surface area contributed by atoms with Gasteiger partial charge in [0.2, 0.25) is 5.91 Å². The van der Waals surface area contributed by atoms with Crippen molar-refractivity contribution in [3.05, 3.63) is 60.1 Å². The summed E-state index contributed by atoms with van der Waals surface area (Å²) in [6, 6.07) is 14.4. The van der Waals surface area contributed by atoms with Crippen LogP contribution in [-0.2, 0) is 11.2 Å². The van der Waals surface area contributed by atoms with E-state index in [9.17, 15) is 4.79 Å². The van der Waals surface area contributed by atoms with Crippen LogP contribution in [0.2, 0.25) is 0 Å². The van der Waals surface area contributed by atoms with Gasteiger partial charge in [0.05, 0.1) is 6.26 Å². The van der Waals surface area contributed by atoms with Crippen LogP contribution >= 0.6 is 0 Å². The zero-order chi connectivity index (χ0) is 14.5. The van der Waals surface area contributed by atoms with E-state index >= 15 is 0 Å². The molecule has 2 aromatic rings. The fourth-order valence-corrected chi connectivity index (χ4v) is 3.03. The third-order valence-corrected chi connectivity index (χ3v) is 4.28. The molecule has 3 rings (SSSR count). The highest BCUT2D eigenvalue weighted by Crippen LogP contribution is 2.28. The van der Waals surface area contributed by atoms with Crippen molar-refractivity contribution in [3.63, 3.8) is 0 Å². The molecule has 0 radical (unpaired) electrons. The molecule has 1 fully saturated rings. The lowest BCUT2D eigenvalue weighted by atomic mass is 9.89. The quantitative estimate of drug-likeness (QED) is 0.858. The Labute approximate surface area is 125 Å². The van der Waals surface area contributed by atoms with Gasteiger partial charge in [-0.3, -0.25) is 4.79 Å². The number of piperidine rings is 1. The Balaban J connectivity index is 1.48. The summed E-state index contributed by atoms with van der Waals surface area (Å²) in [5.41, 5.74) is 1.40. The summed E-state index contributed by atoms with van der Waals surface area (Å²) < 4.78 is 5.28. The fraction of sp³-hybridized carbons (Fsp3) is 0.389. The van der Waals surface area contributed by atoms with Crippen molar-refractivity contribution < 1.29 is 9.21 Å². The maximum Gasteiger partial charge on any atom is 0.223 e. The molecule has 1 aliphatic heterocycles. The van der Waals surface area contributed by atoms with Gasteiger partial charge in [-0.25, -0.2) is 0 Å². The van der Waals surface area contributed by atoms with Gasteiger partial charge in [0, 0.05) is 25.9 Å². The van der Waals surface area contributed by atoms with Crippen molar-refractivity contribution in [1.82, 2.24) is 4.90 Å². The van der Waals surface area contributed by atoms with Crippen molar-refractivity contribution >= 4 is 5.91 Å². The Hall–Kier alpha value is -2.03. The molecule has 1 amide bonds.